The third-order valence-electron chi connectivity index (χ3n) is 9.57. The molecule has 3 N–H and O–H groups in total. The topological polar surface area (TPSA) is 131 Å². The first-order valence-corrected chi connectivity index (χ1v) is 14.2. The number of ether oxygens (including phenoxy) is 1. The van der Waals surface area contributed by atoms with Crippen LogP contribution in [0.2, 0.25) is 0 Å². The van der Waals surface area contributed by atoms with Crippen LogP contribution in [-0.2, 0) is 39.5 Å². The number of esters is 1. The van der Waals surface area contributed by atoms with Crippen molar-refractivity contribution in [3.05, 3.63) is 61.4 Å². The van der Waals surface area contributed by atoms with Gasteiger partial charge in [-0.05, 0) is 79.8 Å². The van der Waals surface area contributed by atoms with Crippen LogP contribution in [0.1, 0.15) is 84.0 Å². The number of hydrogen-bond donors (Lipinski definition) is 3. The zero-order valence-corrected chi connectivity index (χ0v) is 23.0. The molecule has 40 heavy (non-hydrogen) atoms. The predicted molar refractivity (Wildman–Crippen MR) is 147 cm³/mol. The van der Waals surface area contributed by atoms with Gasteiger partial charge in [-0.3, -0.25) is 9.59 Å². The van der Waals surface area contributed by atoms with Crippen LogP contribution in [-0.4, -0.2) is 37.7 Å². The molecule has 0 saturated heterocycles. The van der Waals surface area contributed by atoms with Crippen LogP contribution >= 0.6 is 0 Å². The molecule has 2 aliphatic carbocycles. The molecule has 4 aliphatic rings. The fraction of sp³-hybridized carbons (Fsp3) is 0.484. The van der Waals surface area contributed by atoms with Crippen LogP contribution in [0.4, 0.5) is 0 Å². The van der Waals surface area contributed by atoms with Crippen LogP contribution < -0.4 is 10.9 Å². The second-order valence-corrected chi connectivity index (χ2v) is 11.9. The Bertz CT molecular complexity index is 1700. The molecule has 0 unspecified atom stereocenters. The largest absolute Gasteiger partial charge is 0.458 e. The lowest BCUT2D eigenvalue weighted by Crippen LogP contribution is -2.44. The third kappa shape index (κ3) is 3.53. The molecular formula is C31H33N3O6. The molecule has 9 heteroatoms. The molecule has 3 aromatic rings. The van der Waals surface area contributed by atoms with Crippen molar-refractivity contribution in [1.29, 1.82) is 0 Å². The third-order valence-corrected chi connectivity index (χ3v) is 9.57. The van der Waals surface area contributed by atoms with Crippen molar-refractivity contribution in [2.45, 2.75) is 90.2 Å². The molecule has 1 fully saturated rings. The molecule has 1 saturated carbocycles. The van der Waals surface area contributed by atoms with Crippen LogP contribution in [0.25, 0.3) is 22.3 Å². The maximum absolute atomic E-state index is 13.8. The Labute approximate surface area is 231 Å². The lowest BCUT2D eigenvalue weighted by Gasteiger charge is -2.31. The van der Waals surface area contributed by atoms with Gasteiger partial charge in [0.05, 0.1) is 35.1 Å². The van der Waals surface area contributed by atoms with Crippen molar-refractivity contribution in [2.24, 2.45) is 5.92 Å². The molecule has 2 aromatic heterocycles. The molecule has 0 radical (unpaired) electrons. The molecule has 1 aromatic carbocycles. The number of amides is 1. The zero-order chi connectivity index (χ0) is 28.1. The van der Waals surface area contributed by atoms with Crippen molar-refractivity contribution >= 4 is 22.8 Å². The molecule has 9 nitrogen and oxygen atoms in total. The monoisotopic (exact) mass is 543 g/mol. The van der Waals surface area contributed by atoms with E-state index in [1.165, 1.54) is 11.1 Å². The number of aromatic nitrogens is 2. The number of aliphatic hydroxyl groups is 2. The van der Waals surface area contributed by atoms with E-state index in [4.69, 9.17) is 9.72 Å². The van der Waals surface area contributed by atoms with Gasteiger partial charge >= 0.3 is 5.97 Å². The number of aliphatic hydroxyl groups excluding tert-OH is 1. The molecule has 0 bridgehead atoms. The SMILES string of the molecule is CC[C@@]1(O)C(=O)OCc2c1cc1n(c2=O)Cc2c-1nc1cc(C)c(C)c3c1c2[C@@H](NC(=O)[C@H](O)CC1CC1)CC3. The Kier molecular flexibility index (Phi) is 5.54. The quantitative estimate of drug-likeness (QED) is 0.330. The molecule has 0 spiro atoms. The zero-order valence-electron chi connectivity index (χ0n) is 23.0. The molecule has 3 atom stereocenters. The smallest absolute Gasteiger partial charge is 0.343 e. The fourth-order valence-electron chi connectivity index (χ4n) is 6.92. The fourth-order valence-corrected chi connectivity index (χ4v) is 6.92. The highest BCUT2D eigenvalue weighted by Gasteiger charge is 2.46. The van der Waals surface area contributed by atoms with E-state index in [9.17, 15) is 24.6 Å². The summed E-state index contributed by atoms with van der Waals surface area (Å²) in [7, 11) is 0. The van der Waals surface area contributed by atoms with Crippen molar-refractivity contribution in [2.75, 3.05) is 0 Å². The molecule has 4 heterocycles. The lowest BCUT2D eigenvalue weighted by molar-refractivity contribution is -0.172. The number of hydrogen-bond acceptors (Lipinski definition) is 7. The van der Waals surface area contributed by atoms with Crippen LogP contribution in [0, 0.1) is 19.8 Å². The minimum atomic E-state index is -1.90. The van der Waals surface area contributed by atoms with E-state index in [-0.39, 0.29) is 48.2 Å². The summed E-state index contributed by atoms with van der Waals surface area (Å²) in [6, 6.07) is 3.42. The van der Waals surface area contributed by atoms with Crippen LogP contribution in [0.5, 0.6) is 0 Å². The van der Waals surface area contributed by atoms with Gasteiger partial charge in [-0.25, -0.2) is 9.78 Å². The summed E-state index contributed by atoms with van der Waals surface area (Å²) in [5.41, 5.74) is 5.60. The Hall–Kier alpha value is -3.56. The van der Waals surface area contributed by atoms with Crippen molar-refractivity contribution in [3.8, 4) is 11.4 Å². The Morgan fingerprint density at radius 3 is 2.70 bits per heavy atom. The highest BCUT2D eigenvalue weighted by atomic mass is 16.6. The number of cyclic esters (lactones) is 1. The summed E-state index contributed by atoms with van der Waals surface area (Å²) in [6.45, 7) is 5.92. The predicted octanol–water partition coefficient (Wildman–Crippen LogP) is 2.96. The number of nitrogens with zero attached hydrogens (tertiary/aromatic N) is 2. The standard InChI is InChI=1S/C31H33N3O6/c1-4-31(39)20-11-23-27-18(12-34(23)29(37)19(20)13-40-30(31)38)26-21(33-28(36)24(35)10-16-5-6-16)8-7-17-15(3)14(2)9-22(32-27)25(17)26/h9,11,16,21,24,35,39H,4-8,10,12-13H2,1-3H3,(H,33,36)/t21-,24+,31-/m0/s1. The van der Waals surface area contributed by atoms with Crippen molar-refractivity contribution < 1.29 is 24.5 Å². The number of aryl methyl sites for hydroxylation is 2. The summed E-state index contributed by atoms with van der Waals surface area (Å²) in [5, 5.41) is 26.0. The van der Waals surface area contributed by atoms with E-state index in [2.05, 4.69) is 19.2 Å². The molecule has 208 valence electrons. The minimum absolute atomic E-state index is 0.0735. The van der Waals surface area contributed by atoms with E-state index in [1.807, 2.05) is 6.07 Å². The van der Waals surface area contributed by atoms with Gasteiger partial charge in [-0.1, -0.05) is 19.8 Å². The van der Waals surface area contributed by atoms with E-state index in [1.54, 1.807) is 17.6 Å². The summed E-state index contributed by atoms with van der Waals surface area (Å²) >= 11 is 0. The molecule has 7 rings (SSSR count). The van der Waals surface area contributed by atoms with E-state index in [0.29, 0.717) is 30.1 Å². The highest BCUT2D eigenvalue weighted by molar-refractivity contribution is 5.94. The number of fused-ring (bicyclic) bond motifs is 5. The summed E-state index contributed by atoms with van der Waals surface area (Å²) in [6.07, 6.45) is 3.05. The molecule has 2 aliphatic heterocycles. The van der Waals surface area contributed by atoms with Gasteiger partial charge in [-0.2, -0.15) is 0 Å². The molecular weight excluding hydrogens is 510 g/mol. The highest BCUT2D eigenvalue weighted by Crippen LogP contribution is 2.46. The van der Waals surface area contributed by atoms with Gasteiger partial charge in [0.1, 0.15) is 12.7 Å². The minimum Gasteiger partial charge on any atom is -0.458 e. The Morgan fingerprint density at radius 1 is 1.20 bits per heavy atom. The van der Waals surface area contributed by atoms with Gasteiger partial charge in [0.25, 0.3) is 5.56 Å². The first-order valence-electron chi connectivity index (χ1n) is 14.2. The van der Waals surface area contributed by atoms with Gasteiger partial charge in [0.15, 0.2) is 5.60 Å². The van der Waals surface area contributed by atoms with Gasteiger partial charge < -0.3 is 24.8 Å². The maximum Gasteiger partial charge on any atom is 0.343 e. The normalized spacial score (nSPS) is 23.3. The van der Waals surface area contributed by atoms with Crippen molar-refractivity contribution in [1.82, 2.24) is 14.9 Å². The number of nitrogens with one attached hydrogen (secondary N) is 1. The van der Waals surface area contributed by atoms with Crippen LogP contribution in [0.3, 0.4) is 0 Å². The van der Waals surface area contributed by atoms with Gasteiger partial charge in [-0.15, -0.1) is 0 Å². The van der Waals surface area contributed by atoms with Gasteiger partial charge in [0.2, 0.25) is 5.91 Å². The van der Waals surface area contributed by atoms with E-state index in [0.717, 1.165) is 46.9 Å². The second kappa shape index (κ2) is 8.72. The summed E-state index contributed by atoms with van der Waals surface area (Å²) in [4.78, 5) is 44.5. The summed E-state index contributed by atoms with van der Waals surface area (Å²) < 4.78 is 6.85. The Morgan fingerprint density at radius 2 is 1.98 bits per heavy atom. The number of carbonyl (C=O) groups is 2. The maximum atomic E-state index is 13.8. The average Bonchev–Trinajstić information content (AvgIpc) is 3.68. The first kappa shape index (κ1) is 25.4. The van der Waals surface area contributed by atoms with E-state index >= 15 is 0 Å². The number of benzene rings is 1. The first-order chi connectivity index (χ1) is 19.1. The van der Waals surface area contributed by atoms with Crippen LogP contribution in [0.15, 0.2) is 16.9 Å². The lowest BCUT2D eigenvalue weighted by atomic mass is 9.80. The molecule has 1 amide bonds. The van der Waals surface area contributed by atoms with E-state index < -0.39 is 17.7 Å². The number of carbonyl (C=O) groups excluding carboxylic acids is 2. The van der Waals surface area contributed by atoms with Crippen molar-refractivity contribution in [3.63, 3.8) is 0 Å². The Balaban J connectivity index is 1.42. The van der Waals surface area contributed by atoms with Gasteiger partial charge in [0, 0.05) is 16.5 Å². The number of pyridine rings is 2. The summed E-state index contributed by atoms with van der Waals surface area (Å²) in [5.74, 6) is -0.704. The average molecular weight is 544 g/mol. The second-order valence-electron chi connectivity index (χ2n) is 11.9. The number of rotatable bonds is 5.